The van der Waals surface area contributed by atoms with Crippen molar-refractivity contribution < 1.29 is 14.3 Å². The zero-order valence-electron chi connectivity index (χ0n) is 9.72. The van der Waals surface area contributed by atoms with Crippen molar-refractivity contribution >= 4 is 12.0 Å². The Morgan fingerprint density at radius 1 is 1.35 bits per heavy atom. The molecule has 0 aromatic carbocycles. The number of rotatable bonds is 2. The van der Waals surface area contributed by atoms with E-state index in [0.717, 1.165) is 26.2 Å². The molecule has 0 aliphatic carbocycles. The van der Waals surface area contributed by atoms with Gasteiger partial charge in [-0.25, -0.2) is 9.69 Å². The number of carbonyl (C=O) groups is 2. The number of amides is 2. The summed E-state index contributed by atoms with van der Waals surface area (Å²) in [7, 11) is 0. The van der Waals surface area contributed by atoms with Gasteiger partial charge in [0.2, 0.25) is 5.91 Å². The fourth-order valence-corrected chi connectivity index (χ4v) is 2.98. The van der Waals surface area contributed by atoms with Gasteiger partial charge in [0, 0.05) is 13.1 Å². The van der Waals surface area contributed by atoms with E-state index in [0.29, 0.717) is 31.5 Å². The summed E-state index contributed by atoms with van der Waals surface area (Å²) in [5, 5.41) is 3.36. The smallest absolute Gasteiger partial charge is 0.416 e. The molecule has 3 rings (SSSR count). The van der Waals surface area contributed by atoms with Gasteiger partial charge >= 0.3 is 6.09 Å². The van der Waals surface area contributed by atoms with Crippen LogP contribution in [-0.4, -0.2) is 67.7 Å². The van der Waals surface area contributed by atoms with Crippen molar-refractivity contribution in [2.45, 2.75) is 0 Å². The van der Waals surface area contributed by atoms with E-state index in [-0.39, 0.29) is 5.91 Å². The molecule has 17 heavy (non-hydrogen) atoms. The van der Waals surface area contributed by atoms with Gasteiger partial charge in [0.25, 0.3) is 0 Å². The number of hydrogen-bond acceptors (Lipinski definition) is 5. The topological polar surface area (TPSA) is 61.9 Å². The van der Waals surface area contributed by atoms with Crippen molar-refractivity contribution in [1.82, 2.24) is 15.1 Å². The van der Waals surface area contributed by atoms with Crippen LogP contribution in [-0.2, 0) is 9.53 Å². The van der Waals surface area contributed by atoms with Gasteiger partial charge in [-0.05, 0) is 24.9 Å². The third kappa shape index (κ3) is 2.02. The molecule has 2 unspecified atom stereocenters. The highest BCUT2D eigenvalue weighted by Crippen LogP contribution is 2.26. The van der Waals surface area contributed by atoms with Crippen molar-refractivity contribution in [2.24, 2.45) is 11.8 Å². The number of hydrogen-bond donors (Lipinski definition) is 1. The number of fused-ring (bicyclic) bond motifs is 1. The van der Waals surface area contributed by atoms with E-state index < -0.39 is 6.09 Å². The second kappa shape index (κ2) is 4.27. The predicted octanol–water partition coefficient (Wildman–Crippen LogP) is -0.884. The number of ether oxygens (including phenoxy) is 1. The summed E-state index contributed by atoms with van der Waals surface area (Å²) >= 11 is 0. The molecule has 3 saturated heterocycles. The van der Waals surface area contributed by atoms with Crippen molar-refractivity contribution in [3.05, 3.63) is 0 Å². The monoisotopic (exact) mass is 239 g/mol. The van der Waals surface area contributed by atoms with Gasteiger partial charge in [0.15, 0.2) is 0 Å². The van der Waals surface area contributed by atoms with E-state index in [2.05, 4.69) is 10.2 Å². The standard InChI is InChI=1S/C11H17N3O3/c15-10(14-1-2-17-11(14)16)7-13-5-8-3-12-4-9(8)6-13/h8-9,12H,1-7H2. The average molecular weight is 239 g/mol. The molecular formula is C11H17N3O3. The lowest BCUT2D eigenvalue weighted by atomic mass is 10.0. The molecule has 6 heteroatoms. The van der Waals surface area contributed by atoms with E-state index >= 15 is 0 Å². The van der Waals surface area contributed by atoms with Crippen LogP contribution in [0.3, 0.4) is 0 Å². The highest BCUT2D eigenvalue weighted by atomic mass is 16.6. The first-order valence-corrected chi connectivity index (χ1v) is 6.14. The first-order valence-electron chi connectivity index (χ1n) is 6.14. The lowest BCUT2D eigenvalue weighted by Gasteiger charge is -2.18. The minimum absolute atomic E-state index is 0.125. The summed E-state index contributed by atoms with van der Waals surface area (Å²) in [5.74, 6) is 1.22. The molecule has 0 aromatic heterocycles. The molecule has 3 aliphatic rings. The van der Waals surface area contributed by atoms with Crippen molar-refractivity contribution in [2.75, 3.05) is 45.9 Å². The Labute approximate surface area is 99.9 Å². The van der Waals surface area contributed by atoms with E-state index in [1.54, 1.807) is 0 Å². The molecule has 6 nitrogen and oxygen atoms in total. The third-order valence-electron chi connectivity index (χ3n) is 3.89. The number of imide groups is 1. The lowest BCUT2D eigenvalue weighted by molar-refractivity contribution is -0.128. The maximum absolute atomic E-state index is 11.9. The number of carbonyl (C=O) groups excluding carboxylic acids is 2. The van der Waals surface area contributed by atoms with Gasteiger partial charge in [-0.1, -0.05) is 0 Å². The largest absolute Gasteiger partial charge is 0.447 e. The normalized spacial score (nSPS) is 32.9. The summed E-state index contributed by atoms with van der Waals surface area (Å²) < 4.78 is 4.76. The maximum atomic E-state index is 11.9. The Kier molecular flexibility index (Phi) is 2.76. The van der Waals surface area contributed by atoms with Gasteiger partial charge in [-0.15, -0.1) is 0 Å². The summed E-state index contributed by atoms with van der Waals surface area (Å²) in [6.45, 7) is 5.13. The summed E-state index contributed by atoms with van der Waals surface area (Å²) in [4.78, 5) is 26.5. The van der Waals surface area contributed by atoms with E-state index in [9.17, 15) is 9.59 Å². The van der Waals surface area contributed by atoms with E-state index in [1.807, 2.05) is 0 Å². The van der Waals surface area contributed by atoms with Gasteiger partial charge in [0.05, 0.1) is 13.1 Å². The summed E-state index contributed by atoms with van der Waals surface area (Å²) in [5.41, 5.74) is 0. The number of nitrogens with one attached hydrogen (secondary N) is 1. The fourth-order valence-electron chi connectivity index (χ4n) is 2.98. The molecule has 3 heterocycles. The minimum Gasteiger partial charge on any atom is -0.447 e. The molecule has 0 saturated carbocycles. The zero-order valence-corrected chi connectivity index (χ0v) is 9.72. The third-order valence-corrected chi connectivity index (χ3v) is 3.89. The second-order valence-corrected chi connectivity index (χ2v) is 5.03. The Morgan fingerprint density at radius 2 is 2.06 bits per heavy atom. The molecule has 3 aliphatic heterocycles. The van der Waals surface area contributed by atoms with Crippen LogP contribution in [0.1, 0.15) is 0 Å². The number of nitrogens with zero attached hydrogens (tertiary/aromatic N) is 2. The number of cyclic esters (lactones) is 1. The van der Waals surface area contributed by atoms with Crippen LogP contribution in [0.15, 0.2) is 0 Å². The lowest BCUT2D eigenvalue weighted by Crippen LogP contribution is -2.40. The minimum atomic E-state index is -0.490. The van der Waals surface area contributed by atoms with Gasteiger partial charge in [-0.3, -0.25) is 9.69 Å². The summed E-state index contributed by atoms with van der Waals surface area (Å²) in [6.07, 6.45) is -0.490. The van der Waals surface area contributed by atoms with Crippen LogP contribution in [0, 0.1) is 11.8 Å². The van der Waals surface area contributed by atoms with Crippen LogP contribution in [0.4, 0.5) is 4.79 Å². The Bertz CT molecular complexity index is 335. The van der Waals surface area contributed by atoms with Crippen molar-refractivity contribution in [3.63, 3.8) is 0 Å². The van der Waals surface area contributed by atoms with Crippen molar-refractivity contribution in [1.29, 1.82) is 0 Å². The van der Waals surface area contributed by atoms with Crippen LogP contribution >= 0.6 is 0 Å². The van der Waals surface area contributed by atoms with Crippen LogP contribution in [0.25, 0.3) is 0 Å². The van der Waals surface area contributed by atoms with Crippen LogP contribution in [0.2, 0.25) is 0 Å². The van der Waals surface area contributed by atoms with Gasteiger partial charge < -0.3 is 10.1 Å². The first kappa shape index (κ1) is 11.0. The van der Waals surface area contributed by atoms with Crippen LogP contribution < -0.4 is 5.32 Å². The maximum Gasteiger partial charge on any atom is 0.416 e. The Balaban J connectivity index is 1.54. The second-order valence-electron chi connectivity index (χ2n) is 5.03. The molecule has 0 spiro atoms. The molecule has 2 atom stereocenters. The zero-order chi connectivity index (χ0) is 11.8. The molecule has 1 N–H and O–H groups in total. The summed E-state index contributed by atoms with van der Waals surface area (Å²) in [6, 6.07) is 0. The Morgan fingerprint density at radius 3 is 2.65 bits per heavy atom. The molecule has 0 radical (unpaired) electrons. The quantitative estimate of drug-likeness (QED) is 0.678. The highest BCUT2D eigenvalue weighted by Gasteiger charge is 2.38. The molecule has 94 valence electrons. The molecule has 3 fully saturated rings. The number of likely N-dealkylation sites (tertiary alicyclic amines) is 1. The average Bonchev–Trinajstić information content (AvgIpc) is 2.92. The van der Waals surface area contributed by atoms with Crippen molar-refractivity contribution in [3.8, 4) is 0 Å². The van der Waals surface area contributed by atoms with Gasteiger partial charge in [-0.2, -0.15) is 0 Å². The SMILES string of the molecule is O=C(CN1CC2CNCC2C1)N1CCOC1=O. The first-order chi connectivity index (χ1) is 8.24. The van der Waals surface area contributed by atoms with E-state index in [1.165, 1.54) is 4.90 Å². The van der Waals surface area contributed by atoms with Gasteiger partial charge in [0.1, 0.15) is 6.61 Å². The fraction of sp³-hybridized carbons (Fsp3) is 0.818. The molecule has 2 amide bonds. The molecular weight excluding hydrogens is 222 g/mol. The van der Waals surface area contributed by atoms with E-state index in [4.69, 9.17) is 4.74 Å². The molecule has 0 bridgehead atoms. The van der Waals surface area contributed by atoms with Crippen LogP contribution in [0.5, 0.6) is 0 Å². The highest BCUT2D eigenvalue weighted by molar-refractivity contribution is 5.94. The predicted molar refractivity (Wildman–Crippen MR) is 59.4 cm³/mol. The molecule has 0 aromatic rings. The Hall–Kier alpha value is -1.14.